The summed E-state index contributed by atoms with van der Waals surface area (Å²) in [4.78, 5) is 14.3. The van der Waals surface area contributed by atoms with Crippen LogP contribution in [-0.4, -0.2) is 31.8 Å². The maximum Gasteiger partial charge on any atom is 0.277 e. The fourth-order valence-electron chi connectivity index (χ4n) is 3.00. The van der Waals surface area contributed by atoms with E-state index in [-0.39, 0.29) is 12.5 Å². The number of aryl methyl sites for hydroxylation is 2. The molecular formula is C23H31N3O2. The number of carbonyl (C=O) groups is 1. The van der Waals surface area contributed by atoms with Gasteiger partial charge in [-0.25, -0.2) is 5.43 Å². The molecule has 0 unspecified atom stereocenters. The van der Waals surface area contributed by atoms with Crippen molar-refractivity contribution in [2.24, 2.45) is 5.10 Å². The smallest absolute Gasteiger partial charge is 0.277 e. The molecule has 0 atom stereocenters. The van der Waals surface area contributed by atoms with E-state index < -0.39 is 0 Å². The SMILES string of the molecule is CCCN(CCC)c1ccc(/C=N\NC(=O)COc2ccc(C)cc2C)cc1. The molecule has 0 aliphatic rings. The molecule has 0 bridgehead atoms. The Labute approximate surface area is 168 Å². The summed E-state index contributed by atoms with van der Waals surface area (Å²) in [5.74, 6) is 0.425. The van der Waals surface area contributed by atoms with Gasteiger partial charge in [-0.1, -0.05) is 43.7 Å². The van der Waals surface area contributed by atoms with Crippen LogP contribution in [-0.2, 0) is 4.79 Å². The summed E-state index contributed by atoms with van der Waals surface area (Å²) < 4.78 is 5.55. The van der Waals surface area contributed by atoms with Gasteiger partial charge in [0.25, 0.3) is 5.91 Å². The van der Waals surface area contributed by atoms with Crippen LogP contribution in [0.4, 0.5) is 5.69 Å². The van der Waals surface area contributed by atoms with Crippen molar-refractivity contribution in [1.29, 1.82) is 0 Å². The molecule has 0 radical (unpaired) electrons. The van der Waals surface area contributed by atoms with Gasteiger partial charge in [0.05, 0.1) is 6.21 Å². The highest BCUT2D eigenvalue weighted by Crippen LogP contribution is 2.18. The van der Waals surface area contributed by atoms with Crippen molar-refractivity contribution in [3.05, 3.63) is 59.2 Å². The second-order valence-electron chi connectivity index (χ2n) is 6.93. The van der Waals surface area contributed by atoms with E-state index in [0.717, 1.165) is 42.6 Å². The van der Waals surface area contributed by atoms with E-state index in [4.69, 9.17) is 4.74 Å². The molecule has 2 aromatic carbocycles. The van der Waals surface area contributed by atoms with Crippen molar-refractivity contribution in [2.45, 2.75) is 40.5 Å². The molecule has 2 rings (SSSR count). The number of hydrogen-bond acceptors (Lipinski definition) is 4. The standard InChI is InChI=1S/C23H31N3O2/c1-5-13-26(14-6-2)21-10-8-20(9-11-21)16-24-25-23(27)17-28-22-12-7-18(3)15-19(22)4/h7-12,15-16H,5-6,13-14,17H2,1-4H3,(H,25,27)/b24-16-. The highest BCUT2D eigenvalue weighted by Gasteiger charge is 2.05. The number of carbonyl (C=O) groups excluding carboxylic acids is 1. The molecule has 5 nitrogen and oxygen atoms in total. The minimum absolute atomic E-state index is 0.0663. The summed E-state index contributed by atoms with van der Waals surface area (Å²) in [6.45, 7) is 10.4. The molecule has 2 aromatic rings. The summed E-state index contributed by atoms with van der Waals surface area (Å²) in [5.41, 5.74) is 6.83. The Bertz CT molecular complexity index is 779. The maximum absolute atomic E-state index is 11.9. The predicted molar refractivity (Wildman–Crippen MR) is 116 cm³/mol. The lowest BCUT2D eigenvalue weighted by molar-refractivity contribution is -0.123. The third-order valence-electron chi connectivity index (χ3n) is 4.34. The average Bonchev–Trinajstić information content (AvgIpc) is 2.68. The summed E-state index contributed by atoms with van der Waals surface area (Å²) in [6.07, 6.45) is 3.89. The molecule has 1 amide bonds. The number of amides is 1. The Kier molecular flexibility index (Phi) is 8.53. The Hall–Kier alpha value is -2.82. The quantitative estimate of drug-likeness (QED) is 0.488. The average molecular weight is 382 g/mol. The van der Waals surface area contributed by atoms with Gasteiger partial charge < -0.3 is 9.64 Å². The Morgan fingerprint density at radius 2 is 1.75 bits per heavy atom. The van der Waals surface area contributed by atoms with Crippen molar-refractivity contribution >= 4 is 17.8 Å². The van der Waals surface area contributed by atoms with E-state index in [1.165, 1.54) is 5.69 Å². The van der Waals surface area contributed by atoms with Gasteiger partial charge >= 0.3 is 0 Å². The second-order valence-corrected chi connectivity index (χ2v) is 6.93. The van der Waals surface area contributed by atoms with E-state index in [1.807, 2.05) is 44.2 Å². The van der Waals surface area contributed by atoms with Crippen LogP contribution in [0.3, 0.4) is 0 Å². The summed E-state index contributed by atoms with van der Waals surface area (Å²) >= 11 is 0. The molecule has 0 spiro atoms. The van der Waals surface area contributed by atoms with Crippen molar-refractivity contribution in [1.82, 2.24) is 5.43 Å². The van der Waals surface area contributed by atoms with Gasteiger partial charge in [0.2, 0.25) is 0 Å². The lowest BCUT2D eigenvalue weighted by Crippen LogP contribution is -2.25. The van der Waals surface area contributed by atoms with Gasteiger partial charge in [-0.15, -0.1) is 0 Å². The first-order valence-electron chi connectivity index (χ1n) is 9.90. The number of nitrogens with one attached hydrogen (secondary N) is 1. The first-order chi connectivity index (χ1) is 13.5. The molecule has 1 N–H and O–H groups in total. The third-order valence-corrected chi connectivity index (χ3v) is 4.34. The van der Waals surface area contributed by atoms with Crippen LogP contribution in [0, 0.1) is 13.8 Å². The Morgan fingerprint density at radius 1 is 1.07 bits per heavy atom. The maximum atomic E-state index is 11.9. The molecule has 28 heavy (non-hydrogen) atoms. The first-order valence-corrected chi connectivity index (χ1v) is 9.90. The molecule has 0 heterocycles. The van der Waals surface area contributed by atoms with Crippen LogP contribution < -0.4 is 15.1 Å². The summed E-state index contributed by atoms with van der Waals surface area (Å²) in [7, 11) is 0. The number of nitrogens with zero attached hydrogens (tertiary/aromatic N) is 2. The van der Waals surface area contributed by atoms with Gasteiger partial charge in [0.15, 0.2) is 6.61 Å². The number of hydrazone groups is 1. The molecule has 0 aliphatic carbocycles. The van der Waals surface area contributed by atoms with Crippen molar-refractivity contribution in [3.63, 3.8) is 0 Å². The fourth-order valence-corrected chi connectivity index (χ4v) is 3.00. The molecular weight excluding hydrogens is 350 g/mol. The van der Waals surface area contributed by atoms with Crippen molar-refractivity contribution in [2.75, 3.05) is 24.6 Å². The minimum Gasteiger partial charge on any atom is -0.483 e. The lowest BCUT2D eigenvalue weighted by Gasteiger charge is -2.23. The van der Waals surface area contributed by atoms with Crippen LogP contribution in [0.5, 0.6) is 5.75 Å². The largest absolute Gasteiger partial charge is 0.483 e. The minimum atomic E-state index is -0.287. The fraction of sp³-hybridized carbons (Fsp3) is 0.391. The zero-order valence-electron chi connectivity index (χ0n) is 17.4. The third kappa shape index (κ3) is 6.72. The molecule has 0 fully saturated rings. The van der Waals surface area contributed by atoms with Crippen LogP contribution in [0.2, 0.25) is 0 Å². The summed E-state index contributed by atoms with van der Waals surface area (Å²) in [6, 6.07) is 14.1. The van der Waals surface area contributed by atoms with Gasteiger partial charge in [-0.05, 0) is 56.0 Å². The van der Waals surface area contributed by atoms with Gasteiger partial charge in [0.1, 0.15) is 5.75 Å². The van der Waals surface area contributed by atoms with Gasteiger partial charge in [0, 0.05) is 18.8 Å². The molecule has 0 saturated carbocycles. The first kappa shape index (κ1) is 21.5. The van der Waals surface area contributed by atoms with E-state index in [0.29, 0.717) is 5.75 Å². The van der Waals surface area contributed by atoms with Crippen LogP contribution in [0.15, 0.2) is 47.6 Å². The number of ether oxygens (including phenoxy) is 1. The van der Waals surface area contributed by atoms with Crippen LogP contribution >= 0.6 is 0 Å². The van der Waals surface area contributed by atoms with Gasteiger partial charge in [-0.3, -0.25) is 4.79 Å². The number of rotatable bonds is 10. The molecule has 5 heteroatoms. The Morgan fingerprint density at radius 3 is 2.36 bits per heavy atom. The molecule has 0 saturated heterocycles. The Balaban J connectivity index is 1.83. The molecule has 0 aliphatic heterocycles. The van der Waals surface area contributed by atoms with Crippen LogP contribution in [0.25, 0.3) is 0 Å². The number of hydrogen-bond donors (Lipinski definition) is 1. The molecule has 0 aromatic heterocycles. The van der Waals surface area contributed by atoms with E-state index in [2.05, 4.69) is 41.4 Å². The molecule has 150 valence electrons. The topological polar surface area (TPSA) is 53.9 Å². The van der Waals surface area contributed by atoms with Crippen molar-refractivity contribution in [3.8, 4) is 5.75 Å². The normalized spacial score (nSPS) is 10.9. The number of anilines is 1. The van der Waals surface area contributed by atoms with Crippen molar-refractivity contribution < 1.29 is 9.53 Å². The van der Waals surface area contributed by atoms with E-state index in [1.54, 1.807) is 6.21 Å². The zero-order valence-corrected chi connectivity index (χ0v) is 17.4. The highest BCUT2D eigenvalue weighted by molar-refractivity contribution is 5.83. The van der Waals surface area contributed by atoms with Gasteiger partial charge in [-0.2, -0.15) is 5.10 Å². The lowest BCUT2D eigenvalue weighted by atomic mass is 10.1. The monoisotopic (exact) mass is 381 g/mol. The zero-order chi connectivity index (χ0) is 20.4. The highest BCUT2D eigenvalue weighted by atomic mass is 16.5. The second kappa shape index (κ2) is 11.1. The predicted octanol–water partition coefficient (Wildman–Crippen LogP) is 4.46. The number of benzene rings is 2. The van der Waals surface area contributed by atoms with E-state index >= 15 is 0 Å². The summed E-state index contributed by atoms with van der Waals surface area (Å²) in [5, 5.41) is 4.02. The van der Waals surface area contributed by atoms with Crippen LogP contribution in [0.1, 0.15) is 43.4 Å². The van der Waals surface area contributed by atoms with E-state index in [9.17, 15) is 4.79 Å².